The Bertz CT molecular complexity index is 1180. The molecular weight excluding hydrogens is 446 g/mol. The lowest BCUT2D eigenvalue weighted by molar-refractivity contribution is -0.134. The minimum absolute atomic E-state index is 0.000106. The Kier molecular flexibility index (Phi) is 8.76. The van der Waals surface area contributed by atoms with E-state index in [1.54, 1.807) is 22.3 Å². The van der Waals surface area contributed by atoms with Gasteiger partial charge in [-0.15, -0.1) is 11.3 Å². The molecule has 7 heteroatoms. The summed E-state index contributed by atoms with van der Waals surface area (Å²) in [4.78, 5) is 31.6. The van der Waals surface area contributed by atoms with E-state index in [0.29, 0.717) is 6.54 Å². The van der Waals surface area contributed by atoms with Gasteiger partial charge >= 0.3 is 12.0 Å². The molecule has 34 heavy (non-hydrogen) atoms. The molecule has 0 unspecified atom stereocenters. The molecule has 0 spiro atoms. The molecule has 0 saturated carbocycles. The van der Waals surface area contributed by atoms with Crippen molar-refractivity contribution in [1.82, 2.24) is 10.3 Å². The van der Waals surface area contributed by atoms with Crippen LogP contribution in [-0.2, 0) is 16.1 Å². The number of benzene rings is 2. The summed E-state index contributed by atoms with van der Waals surface area (Å²) in [6.45, 7) is 6.26. The third kappa shape index (κ3) is 7.15. The minimum atomic E-state index is -0.431. The molecule has 0 aliphatic rings. The summed E-state index contributed by atoms with van der Waals surface area (Å²) >= 11 is 1.61. The van der Waals surface area contributed by atoms with Crippen LogP contribution in [0.4, 0.5) is 10.5 Å². The quantitative estimate of drug-likeness (QED) is 0.324. The number of thiazole rings is 1. The second-order valence-electron chi connectivity index (χ2n) is 8.02. The molecule has 6 nitrogen and oxygen atoms in total. The second-order valence-corrected chi connectivity index (χ2v) is 8.91. The largest absolute Gasteiger partial charge is 0.466 e. The number of hydrogen-bond acceptors (Lipinski definition) is 5. The van der Waals surface area contributed by atoms with Crippen LogP contribution in [0, 0.1) is 6.92 Å². The normalized spacial score (nSPS) is 11.3. The zero-order valence-electron chi connectivity index (χ0n) is 19.8. The van der Waals surface area contributed by atoms with Crippen molar-refractivity contribution in [2.75, 3.05) is 12.0 Å². The highest BCUT2D eigenvalue weighted by Crippen LogP contribution is 2.21. The zero-order chi connectivity index (χ0) is 24.5. The number of aryl methyl sites for hydroxylation is 1. The van der Waals surface area contributed by atoms with Crippen molar-refractivity contribution in [3.05, 3.63) is 87.4 Å². The van der Waals surface area contributed by atoms with Crippen molar-refractivity contribution < 1.29 is 14.3 Å². The van der Waals surface area contributed by atoms with Gasteiger partial charge in [0.05, 0.1) is 24.9 Å². The van der Waals surface area contributed by atoms with Gasteiger partial charge in [0.25, 0.3) is 0 Å². The fraction of sp³-hybridized carbons (Fsp3) is 0.222. The lowest BCUT2D eigenvalue weighted by Gasteiger charge is -2.25. The Balaban J connectivity index is 1.81. The molecule has 0 saturated heterocycles. The number of rotatable bonds is 8. The molecule has 2 amide bonds. The van der Waals surface area contributed by atoms with Gasteiger partial charge in [-0.05, 0) is 61.7 Å². The summed E-state index contributed by atoms with van der Waals surface area (Å²) in [5, 5.41) is 2.97. The molecule has 0 atom stereocenters. The van der Waals surface area contributed by atoms with Gasteiger partial charge in [0.2, 0.25) is 0 Å². The standard InChI is InChI=1S/C27H29N3O3S/c1-19(2)29-27(32)30(24-7-5-6-22(16-24)13-15-26(31)33-4)17-23-10-8-21(9-11-23)12-14-25-20(3)28-18-34-25/h5-16,18-19H,17H2,1-4H3,(H,29,32)/b14-12+,15-13+. The van der Waals surface area contributed by atoms with Crippen molar-refractivity contribution >= 4 is 47.3 Å². The first-order valence-electron chi connectivity index (χ1n) is 11.0. The second kappa shape index (κ2) is 12.0. The topological polar surface area (TPSA) is 71.5 Å². The van der Waals surface area contributed by atoms with Crippen molar-refractivity contribution in [3.63, 3.8) is 0 Å². The average molecular weight is 476 g/mol. The van der Waals surface area contributed by atoms with E-state index in [1.807, 2.05) is 74.8 Å². The lowest BCUT2D eigenvalue weighted by atomic mass is 10.1. The number of methoxy groups -OCH3 is 1. The Labute approximate surface area is 204 Å². The highest BCUT2D eigenvalue weighted by Gasteiger charge is 2.17. The molecular formula is C27H29N3O3S. The maximum Gasteiger partial charge on any atom is 0.330 e. The third-order valence-electron chi connectivity index (χ3n) is 4.98. The van der Waals surface area contributed by atoms with Crippen LogP contribution in [0.25, 0.3) is 18.2 Å². The van der Waals surface area contributed by atoms with Crippen LogP contribution in [0.2, 0.25) is 0 Å². The van der Waals surface area contributed by atoms with Crippen molar-refractivity contribution in [3.8, 4) is 0 Å². The summed E-state index contributed by atoms with van der Waals surface area (Å²) in [6.07, 6.45) is 7.15. The number of ether oxygens (including phenoxy) is 1. The molecule has 3 rings (SSSR count). The van der Waals surface area contributed by atoms with E-state index in [9.17, 15) is 9.59 Å². The summed E-state index contributed by atoms with van der Waals surface area (Å²) < 4.78 is 4.66. The minimum Gasteiger partial charge on any atom is -0.466 e. The first-order valence-corrected chi connectivity index (χ1v) is 11.8. The molecule has 2 aromatic carbocycles. The van der Waals surface area contributed by atoms with Gasteiger partial charge in [0.1, 0.15) is 0 Å². The Morgan fingerprint density at radius 1 is 1.09 bits per heavy atom. The maximum atomic E-state index is 13.0. The summed E-state index contributed by atoms with van der Waals surface area (Å²) in [5.41, 5.74) is 6.47. The average Bonchev–Trinajstić information content (AvgIpc) is 3.24. The molecule has 1 N–H and O–H groups in total. The molecule has 0 aliphatic heterocycles. The van der Waals surface area contributed by atoms with Crippen LogP contribution in [0.1, 0.15) is 41.1 Å². The van der Waals surface area contributed by atoms with Crippen molar-refractivity contribution in [2.24, 2.45) is 0 Å². The van der Waals surface area contributed by atoms with E-state index >= 15 is 0 Å². The Morgan fingerprint density at radius 3 is 2.50 bits per heavy atom. The number of hydrogen-bond donors (Lipinski definition) is 1. The number of nitrogens with zero attached hydrogens (tertiary/aromatic N) is 2. The molecule has 176 valence electrons. The van der Waals surface area contributed by atoms with Crippen molar-refractivity contribution in [1.29, 1.82) is 0 Å². The van der Waals surface area contributed by atoms with Gasteiger partial charge in [-0.2, -0.15) is 0 Å². The SMILES string of the molecule is COC(=O)/C=C/c1cccc(N(Cc2ccc(/C=C/c3scnc3C)cc2)C(=O)NC(C)C)c1. The van der Waals surface area contributed by atoms with Gasteiger partial charge in [-0.25, -0.2) is 14.6 Å². The molecule has 0 fully saturated rings. The maximum absolute atomic E-state index is 13.0. The molecule has 0 aliphatic carbocycles. The molecule has 1 heterocycles. The third-order valence-corrected chi connectivity index (χ3v) is 5.88. The number of carbonyl (C=O) groups excluding carboxylic acids is 2. The zero-order valence-corrected chi connectivity index (χ0v) is 20.6. The van der Waals surface area contributed by atoms with Crippen LogP contribution in [0.15, 0.2) is 60.1 Å². The van der Waals surface area contributed by atoms with Crippen LogP contribution in [-0.4, -0.2) is 30.1 Å². The molecule has 0 radical (unpaired) electrons. The number of carbonyl (C=O) groups is 2. The smallest absolute Gasteiger partial charge is 0.330 e. The van der Waals surface area contributed by atoms with Gasteiger partial charge < -0.3 is 10.1 Å². The number of esters is 1. The van der Waals surface area contributed by atoms with Crippen LogP contribution >= 0.6 is 11.3 Å². The number of amides is 2. The Hall–Kier alpha value is -3.71. The highest BCUT2D eigenvalue weighted by atomic mass is 32.1. The fourth-order valence-electron chi connectivity index (χ4n) is 3.19. The van der Waals surface area contributed by atoms with E-state index in [1.165, 1.54) is 13.2 Å². The first kappa shape index (κ1) is 24.9. The van der Waals surface area contributed by atoms with Crippen LogP contribution in [0.5, 0.6) is 0 Å². The van der Waals surface area contributed by atoms with Gasteiger partial charge in [0, 0.05) is 22.7 Å². The summed E-state index contributed by atoms with van der Waals surface area (Å²) in [6, 6.07) is 15.4. The van der Waals surface area contributed by atoms with Crippen LogP contribution in [0.3, 0.4) is 0 Å². The van der Waals surface area contributed by atoms with E-state index in [2.05, 4.69) is 27.2 Å². The molecule has 1 aromatic heterocycles. The van der Waals surface area contributed by atoms with Gasteiger partial charge in [-0.3, -0.25) is 4.90 Å². The first-order chi connectivity index (χ1) is 16.4. The van der Waals surface area contributed by atoms with Crippen LogP contribution < -0.4 is 10.2 Å². The van der Waals surface area contributed by atoms with Gasteiger partial charge in [-0.1, -0.05) is 42.5 Å². The van der Waals surface area contributed by atoms with E-state index in [0.717, 1.165) is 32.9 Å². The number of nitrogens with one attached hydrogen (secondary N) is 1. The number of aromatic nitrogens is 1. The van der Waals surface area contributed by atoms with Crippen molar-refractivity contribution in [2.45, 2.75) is 33.4 Å². The van der Waals surface area contributed by atoms with E-state index < -0.39 is 5.97 Å². The van der Waals surface area contributed by atoms with Gasteiger partial charge in [0.15, 0.2) is 0 Å². The Morgan fingerprint density at radius 2 is 1.85 bits per heavy atom. The summed E-state index contributed by atoms with van der Waals surface area (Å²) in [5.74, 6) is -0.431. The van der Waals surface area contributed by atoms with E-state index in [4.69, 9.17) is 0 Å². The monoisotopic (exact) mass is 475 g/mol. The summed E-state index contributed by atoms with van der Waals surface area (Å²) in [7, 11) is 1.34. The predicted octanol–water partition coefficient (Wildman–Crippen LogP) is 5.93. The predicted molar refractivity (Wildman–Crippen MR) is 140 cm³/mol. The lowest BCUT2D eigenvalue weighted by Crippen LogP contribution is -2.42. The number of anilines is 1. The fourth-order valence-corrected chi connectivity index (χ4v) is 3.89. The number of urea groups is 1. The molecule has 0 bridgehead atoms. The van der Waals surface area contributed by atoms with E-state index in [-0.39, 0.29) is 12.1 Å². The highest BCUT2D eigenvalue weighted by molar-refractivity contribution is 7.10. The molecule has 3 aromatic rings.